The van der Waals surface area contributed by atoms with Gasteiger partial charge in [0.1, 0.15) is 0 Å². The molecule has 0 spiro atoms. The smallest absolute Gasteiger partial charge is 0.237 e. The van der Waals surface area contributed by atoms with Crippen LogP contribution in [0.4, 0.5) is 0 Å². The average molecular weight is 263 g/mol. The summed E-state index contributed by atoms with van der Waals surface area (Å²) in [6.07, 6.45) is 8.50. The summed E-state index contributed by atoms with van der Waals surface area (Å²) in [6, 6.07) is 2.63. The first-order valence-electron chi connectivity index (χ1n) is 7.68. The molecule has 1 aliphatic heterocycles. The van der Waals surface area contributed by atoms with Crippen LogP contribution in [0.3, 0.4) is 0 Å². The Morgan fingerprint density at radius 1 is 1.37 bits per heavy atom. The molecule has 1 aliphatic carbocycles. The SMILES string of the molecule is CCC(CC#N)NC(=O)C1CCC2CCCCC2N1. The number of fused-ring (bicyclic) bond motifs is 1. The highest BCUT2D eigenvalue weighted by atomic mass is 16.2. The predicted octanol–water partition coefficient (Wildman–Crippen LogP) is 2.11. The molecule has 0 radical (unpaired) electrons. The van der Waals surface area contributed by atoms with Crippen LogP contribution in [-0.4, -0.2) is 24.0 Å². The molecule has 1 saturated heterocycles. The maximum atomic E-state index is 12.2. The van der Waals surface area contributed by atoms with Crippen LogP contribution in [0, 0.1) is 17.2 Å². The fraction of sp³-hybridized carbons (Fsp3) is 0.867. The molecule has 4 nitrogen and oxygen atoms in total. The standard InChI is InChI=1S/C15H25N3O/c1-2-12(9-10-16)17-15(19)14-8-7-11-5-3-4-6-13(11)18-14/h11-14,18H,2-9H2,1H3,(H,17,19). The van der Waals surface area contributed by atoms with Crippen molar-refractivity contribution in [3.05, 3.63) is 0 Å². The van der Waals surface area contributed by atoms with Gasteiger partial charge in [-0.25, -0.2) is 0 Å². The van der Waals surface area contributed by atoms with Crippen LogP contribution in [0.2, 0.25) is 0 Å². The van der Waals surface area contributed by atoms with Crippen molar-refractivity contribution in [3.63, 3.8) is 0 Å². The molecule has 4 heteroatoms. The lowest BCUT2D eigenvalue weighted by atomic mass is 9.77. The van der Waals surface area contributed by atoms with E-state index in [-0.39, 0.29) is 18.0 Å². The second kappa shape index (κ2) is 6.91. The number of nitriles is 1. The highest BCUT2D eigenvalue weighted by molar-refractivity contribution is 5.82. The van der Waals surface area contributed by atoms with E-state index in [9.17, 15) is 4.79 Å². The fourth-order valence-electron chi connectivity index (χ4n) is 3.41. The summed E-state index contributed by atoms with van der Waals surface area (Å²) in [4.78, 5) is 12.2. The van der Waals surface area contributed by atoms with Crippen LogP contribution in [0.15, 0.2) is 0 Å². The largest absolute Gasteiger partial charge is 0.351 e. The van der Waals surface area contributed by atoms with Gasteiger partial charge in [0.25, 0.3) is 0 Å². The lowest BCUT2D eigenvalue weighted by Crippen LogP contribution is -2.56. The first-order valence-corrected chi connectivity index (χ1v) is 7.68. The molecule has 0 bridgehead atoms. The number of hydrogen-bond acceptors (Lipinski definition) is 3. The molecule has 4 atom stereocenters. The molecule has 1 amide bonds. The van der Waals surface area contributed by atoms with Crippen molar-refractivity contribution >= 4 is 5.91 Å². The highest BCUT2D eigenvalue weighted by Crippen LogP contribution is 2.32. The van der Waals surface area contributed by atoms with Crippen LogP contribution in [0.25, 0.3) is 0 Å². The Bertz CT molecular complexity index is 350. The van der Waals surface area contributed by atoms with Gasteiger partial charge in [0.05, 0.1) is 18.5 Å². The molecule has 2 N–H and O–H groups in total. The van der Waals surface area contributed by atoms with Crippen molar-refractivity contribution in [3.8, 4) is 6.07 Å². The molecule has 1 saturated carbocycles. The molecule has 1 heterocycles. The van der Waals surface area contributed by atoms with E-state index >= 15 is 0 Å². The molecule has 2 aliphatic rings. The first-order chi connectivity index (χ1) is 9.24. The van der Waals surface area contributed by atoms with Crippen LogP contribution < -0.4 is 10.6 Å². The van der Waals surface area contributed by atoms with E-state index in [1.165, 1.54) is 32.1 Å². The van der Waals surface area contributed by atoms with Gasteiger partial charge in [0.15, 0.2) is 0 Å². The minimum atomic E-state index is -0.0490. The summed E-state index contributed by atoms with van der Waals surface area (Å²) in [6.45, 7) is 2.01. The summed E-state index contributed by atoms with van der Waals surface area (Å²) < 4.78 is 0. The highest BCUT2D eigenvalue weighted by Gasteiger charge is 2.34. The maximum absolute atomic E-state index is 12.2. The van der Waals surface area contributed by atoms with Crippen LogP contribution in [0.1, 0.15) is 58.3 Å². The third kappa shape index (κ3) is 3.70. The molecular weight excluding hydrogens is 238 g/mol. The number of nitrogens with one attached hydrogen (secondary N) is 2. The van der Waals surface area contributed by atoms with Gasteiger partial charge in [0.2, 0.25) is 5.91 Å². The molecule has 0 aromatic carbocycles. The Hall–Kier alpha value is -1.08. The van der Waals surface area contributed by atoms with E-state index in [0.717, 1.165) is 18.8 Å². The van der Waals surface area contributed by atoms with Gasteiger partial charge in [-0.2, -0.15) is 5.26 Å². The minimum absolute atomic E-state index is 0.00313. The Morgan fingerprint density at radius 3 is 2.89 bits per heavy atom. The Kier molecular flexibility index (Phi) is 5.21. The molecular formula is C15H25N3O. The monoisotopic (exact) mass is 263 g/mol. The van der Waals surface area contributed by atoms with Gasteiger partial charge in [-0.05, 0) is 38.0 Å². The van der Waals surface area contributed by atoms with Crippen molar-refractivity contribution in [2.75, 3.05) is 0 Å². The lowest BCUT2D eigenvalue weighted by molar-refractivity contribution is -0.125. The van der Waals surface area contributed by atoms with E-state index < -0.39 is 0 Å². The van der Waals surface area contributed by atoms with Crippen molar-refractivity contribution < 1.29 is 4.79 Å². The normalized spacial score (nSPS) is 31.9. The molecule has 2 fully saturated rings. The third-order valence-electron chi connectivity index (χ3n) is 4.64. The van der Waals surface area contributed by atoms with Crippen LogP contribution >= 0.6 is 0 Å². The number of rotatable bonds is 4. The Morgan fingerprint density at radius 2 is 2.16 bits per heavy atom. The van der Waals surface area contributed by atoms with Gasteiger partial charge in [-0.1, -0.05) is 19.8 Å². The topological polar surface area (TPSA) is 64.9 Å². The van der Waals surface area contributed by atoms with Gasteiger partial charge in [-0.15, -0.1) is 0 Å². The Labute approximate surface area is 115 Å². The number of nitrogens with zero attached hydrogens (tertiary/aromatic N) is 1. The number of amides is 1. The summed E-state index contributed by atoms with van der Waals surface area (Å²) in [5, 5.41) is 15.3. The first kappa shape index (κ1) is 14.3. The molecule has 2 rings (SSSR count). The molecule has 4 unspecified atom stereocenters. The molecule has 19 heavy (non-hydrogen) atoms. The average Bonchev–Trinajstić information content (AvgIpc) is 2.46. The van der Waals surface area contributed by atoms with Gasteiger partial charge in [-0.3, -0.25) is 4.79 Å². The van der Waals surface area contributed by atoms with Crippen molar-refractivity contribution in [2.24, 2.45) is 5.92 Å². The van der Waals surface area contributed by atoms with Crippen molar-refractivity contribution in [1.29, 1.82) is 5.26 Å². The zero-order chi connectivity index (χ0) is 13.7. The summed E-state index contributed by atoms with van der Waals surface area (Å²) in [5.74, 6) is 0.866. The van der Waals surface area contributed by atoms with Crippen molar-refractivity contribution in [2.45, 2.75) is 76.4 Å². The number of hydrogen-bond donors (Lipinski definition) is 2. The summed E-state index contributed by atoms with van der Waals surface area (Å²) in [7, 11) is 0. The number of piperidine rings is 1. The minimum Gasteiger partial charge on any atom is -0.351 e. The van der Waals surface area contributed by atoms with Crippen LogP contribution in [-0.2, 0) is 4.79 Å². The van der Waals surface area contributed by atoms with E-state index in [2.05, 4.69) is 16.7 Å². The van der Waals surface area contributed by atoms with E-state index in [0.29, 0.717) is 12.5 Å². The van der Waals surface area contributed by atoms with Gasteiger partial charge < -0.3 is 10.6 Å². The quantitative estimate of drug-likeness (QED) is 0.816. The van der Waals surface area contributed by atoms with E-state index in [1.807, 2.05) is 6.92 Å². The second-order valence-electron chi connectivity index (χ2n) is 5.92. The summed E-state index contributed by atoms with van der Waals surface area (Å²) >= 11 is 0. The summed E-state index contributed by atoms with van der Waals surface area (Å²) in [5.41, 5.74) is 0. The third-order valence-corrected chi connectivity index (χ3v) is 4.64. The Balaban J connectivity index is 1.84. The number of carbonyl (C=O) groups is 1. The lowest BCUT2D eigenvalue weighted by Gasteiger charge is -2.40. The van der Waals surface area contributed by atoms with Crippen molar-refractivity contribution in [1.82, 2.24) is 10.6 Å². The van der Waals surface area contributed by atoms with Gasteiger partial charge >= 0.3 is 0 Å². The van der Waals surface area contributed by atoms with Gasteiger partial charge in [0, 0.05) is 12.1 Å². The zero-order valence-electron chi connectivity index (χ0n) is 11.8. The maximum Gasteiger partial charge on any atom is 0.237 e. The van der Waals surface area contributed by atoms with E-state index in [4.69, 9.17) is 5.26 Å². The van der Waals surface area contributed by atoms with Crippen LogP contribution in [0.5, 0.6) is 0 Å². The predicted molar refractivity (Wildman–Crippen MR) is 74.4 cm³/mol. The molecule has 0 aromatic rings. The second-order valence-corrected chi connectivity index (χ2v) is 5.92. The molecule has 0 aromatic heterocycles. The molecule has 106 valence electrons. The fourth-order valence-corrected chi connectivity index (χ4v) is 3.41. The number of carbonyl (C=O) groups excluding carboxylic acids is 1. The zero-order valence-corrected chi connectivity index (χ0v) is 11.8. The van der Waals surface area contributed by atoms with E-state index in [1.54, 1.807) is 0 Å².